The van der Waals surface area contributed by atoms with Crippen molar-refractivity contribution in [3.8, 4) is 17.6 Å². The molecule has 1 atom stereocenters. The molecule has 1 aliphatic rings. The molecule has 0 spiro atoms. The van der Waals surface area contributed by atoms with E-state index in [9.17, 15) is 14.7 Å². The van der Waals surface area contributed by atoms with Gasteiger partial charge >= 0.3 is 0 Å². The fourth-order valence-electron chi connectivity index (χ4n) is 5.07. The molecule has 5 rings (SSSR count). The second-order valence-corrected chi connectivity index (χ2v) is 10.0. The maximum absolute atomic E-state index is 12.6. The Morgan fingerprint density at radius 1 is 1.10 bits per heavy atom. The van der Waals surface area contributed by atoms with Gasteiger partial charge in [0, 0.05) is 51.8 Å². The largest absolute Gasteiger partial charge is 0.490 e. The molecule has 198 valence electrons. The van der Waals surface area contributed by atoms with Crippen molar-refractivity contribution in [1.29, 1.82) is 0 Å². The number of rotatable bonds is 7. The Balaban J connectivity index is 1.57. The van der Waals surface area contributed by atoms with Gasteiger partial charge in [-0.1, -0.05) is 30.0 Å². The van der Waals surface area contributed by atoms with Crippen molar-refractivity contribution in [3.05, 3.63) is 99.7 Å². The van der Waals surface area contributed by atoms with Gasteiger partial charge in [-0.15, -0.1) is 0 Å². The van der Waals surface area contributed by atoms with Crippen molar-refractivity contribution in [3.63, 3.8) is 0 Å². The van der Waals surface area contributed by atoms with Gasteiger partial charge in [-0.05, 0) is 74.2 Å². The Kier molecular flexibility index (Phi) is 7.40. The number of nitrogens with one attached hydrogen (secondary N) is 2. The third-order valence-electron chi connectivity index (χ3n) is 6.92. The normalized spacial score (nSPS) is 13.4. The summed E-state index contributed by atoms with van der Waals surface area (Å²) in [7, 11) is 0. The second kappa shape index (κ2) is 11.1. The zero-order chi connectivity index (χ0) is 27.5. The standard InChI is InChI=1S/C32H31N3O4/c1-19(2)39-30-27(24(18-36)16-23-17-35-29-6-4-3-5-25(23)29)14-21(15-28(30)31(33)37)8-7-20-9-10-26-22(13-20)11-12-34-32(26)38/h3-6,9-10,13-15,17,19,24,35-36H,11-12,16,18H2,1-2H3,(H2,33,37)(H,34,38)/t24-/m0/s1. The van der Waals surface area contributed by atoms with Gasteiger partial charge in [-0.3, -0.25) is 9.59 Å². The van der Waals surface area contributed by atoms with Crippen LogP contribution in [0, 0.1) is 11.8 Å². The molecule has 0 fully saturated rings. The Morgan fingerprint density at radius 3 is 2.67 bits per heavy atom. The first-order valence-corrected chi connectivity index (χ1v) is 13.1. The van der Waals surface area contributed by atoms with Crippen molar-refractivity contribution in [2.24, 2.45) is 5.73 Å². The summed E-state index contributed by atoms with van der Waals surface area (Å²) in [6.45, 7) is 4.21. The highest BCUT2D eigenvalue weighted by Gasteiger charge is 2.24. The van der Waals surface area contributed by atoms with E-state index in [4.69, 9.17) is 10.5 Å². The summed E-state index contributed by atoms with van der Waals surface area (Å²) in [5.41, 5.74) is 11.8. The predicted octanol–water partition coefficient (Wildman–Crippen LogP) is 4.06. The lowest BCUT2D eigenvalue weighted by molar-refractivity contribution is 0.0944. The molecule has 0 radical (unpaired) electrons. The number of primary amides is 1. The summed E-state index contributed by atoms with van der Waals surface area (Å²) < 4.78 is 6.11. The Bertz CT molecular complexity index is 1620. The van der Waals surface area contributed by atoms with Gasteiger partial charge in [-0.2, -0.15) is 0 Å². The lowest BCUT2D eigenvalue weighted by Gasteiger charge is -2.23. The summed E-state index contributed by atoms with van der Waals surface area (Å²) in [5, 5.41) is 14.4. The minimum absolute atomic E-state index is 0.0718. The minimum atomic E-state index is -0.626. The number of H-pyrrole nitrogens is 1. The average Bonchev–Trinajstić information content (AvgIpc) is 3.33. The van der Waals surface area contributed by atoms with E-state index in [0.717, 1.165) is 34.0 Å². The summed E-state index contributed by atoms with van der Waals surface area (Å²) in [4.78, 5) is 27.9. The van der Waals surface area contributed by atoms with Crippen LogP contribution in [-0.2, 0) is 12.8 Å². The molecule has 0 aliphatic carbocycles. The van der Waals surface area contributed by atoms with Crippen molar-refractivity contribution >= 4 is 22.7 Å². The molecule has 7 heteroatoms. The third kappa shape index (κ3) is 5.52. The molecule has 2 amide bonds. The number of aliphatic hydroxyl groups is 1. The molecule has 39 heavy (non-hydrogen) atoms. The SMILES string of the molecule is CC(C)Oc1c(C(N)=O)cc(C#Cc2ccc3c(c2)CCNC3=O)cc1[C@H](CO)Cc1c[nH]c2ccccc12. The quantitative estimate of drug-likeness (QED) is 0.274. The van der Waals surface area contributed by atoms with Crippen LogP contribution in [0.25, 0.3) is 10.9 Å². The number of aromatic amines is 1. The molecule has 1 aromatic heterocycles. The van der Waals surface area contributed by atoms with E-state index in [2.05, 4.69) is 22.1 Å². The van der Waals surface area contributed by atoms with Crippen LogP contribution in [0.1, 0.15) is 68.3 Å². The molecular formula is C32H31N3O4. The summed E-state index contributed by atoms with van der Waals surface area (Å²) >= 11 is 0. The second-order valence-electron chi connectivity index (χ2n) is 10.0. The summed E-state index contributed by atoms with van der Waals surface area (Å²) in [6, 6.07) is 17.1. The Morgan fingerprint density at radius 2 is 1.90 bits per heavy atom. The number of benzene rings is 3. The number of nitrogens with two attached hydrogens (primary N) is 1. The number of carbonyl (C=O) groups is 2. The number of para-hydroxylation sites is 1. The number of hydrogen-bond donors (Lipinski definition) is 4. The Labute approximate surface area is 227 Å². The zero-order valence-corrected chi connectivity index (χ0v) is 22.0. The van der Waals surface area contributed by atoms with Crippen LogP contribution in [0.2, 0.25) is 0 Å². The number of aromatic nitrogens is 1. The molecule has 0 saturated carbocycles. The highest BCUT2D eigenvalue weighted by molar-refractivity contribution is 5.97. The number of hydrogen-bond acceptors (Lipinski definition) is 4. The van der Waals surface area contributed by atoms with Crippen LogP contribution in [-0.4, -0.2) is 41.2 Å². The van der Waals surface area contributed by atoms with Crippen molar-refractivity contribution in [2.75, 3.05) is 13.2 Å². The number of aliphatic hydroxyl groups excluding tert-OH is 1. The molecule has 5 N–H and O–H groups in total. The molecule has 0 unspecified atom stereocenters. The molecule has 2 heterocycles. The first kappa shape index (κ1) is 26.1. The molecule has 7 nitrogen and oxygen atoms in total. The number of carbonyl (C=O) groups excluding carboxylic acids is 2. The van der Waals surface area contributed by atoms with Crippen LogP contribution in [0.4, 0.5) is 0 Å². The van der Waals surface area contributed by atoms with Crippen LogP contribution >= 0.6 is 0 Å². The van der Waals surface area contributed by atoms with E-state index < -0.39 is 5.91 Å². The lowest BCUT2D eigenvalue weighted by atomic mass is 9.88. The van der Waals surface area contributed by atoms with Gasteiger partial charge in [0.05, 0.1) is 18.3 Å². The monoisotopic (exact) mass is 521 g/mol. The molecule has 0 saturated heterocycles. The number of amides is 2. The molecule has 4 aromatic rings. The van der Waals surface area contributed by atoms with E-state index in [0.29, 0.717) is 35.4 Å². The predicted molar refractivity (Wildman–Crippen MR) is 151 cm³/mol. The fourth-order valence-corrected chi connectivity index (χ4v) is 5.07. The van der Waals surface area contributed by atoms with Gasteiger partial charge in [0.15, 0.2) is 0 Å². The van der Waals surface area contributed by atoms with Crippen molar-refractivity contribution in [1.82, 2.24) is 10.3 Å². The van der Waals surface area contributed by atoms with E-state index in [1.165, 1.54) is 0 Å². The summed E-state index contributed by atoms with van der Waals surface area (Å²) in [6.07, 6.45) is 3.01. The Hall–Kier alpha value is -4.54. The summed E-state index contributed by atoms with van der Waals surface area (Å²) in [5.74, 6) is 5.64. The topological polar surface area (TPSA) is 117 Å². The van der Waals surface area contributed by atoms with Crippen LogP contribution in [0.5, 0.6) is 5.75 Å². The van der Waals surface area contributed by atoms with Crippen LogP contribution in [0.15, 0.2) is 60.8 Å². The van der Waals surface area contributed by atoms with Gasteiger partial charge in [0.1, 0.15) is 5.75 Å². The van der Waals surface area contributed by atoms with Gasteiger partial charge < -0.3 is 25.9 Å². The van der Waals surface area contributed by atoms with Gasteiger partial charge in [-0.25, -0.2) is 0 Å². The number of fused-ring (bicyclic) bond motifs is 2. The van der Waals surface area contributed by atoms with Gasteiger partial charge in [0.2, 0.25) is 0 Å². The smallest absolute Gasteiger partial charge is 0.252 e. The zero-order valence-electron chi connectivity index (χ0n) is 22.0. The van der Waals surface area contributed by atoms with E-state index in [1.807, 2.05) is 62.5 Å². The molecule has 1 aliphatic heterocycles. The third-order valence-corrected chi connectivity index (χ3v) is 6.92. The highest BCUT2D eigenvalue weighted by Crippen LogP contribution is 2.36. The molecular weight excluding hydrogens is 490 g/mol. The lowest BCUT2D eigenvalue weighted by Crippen LogP contribution is -2.31. The minimum Gasteiger partial charge on any atom is -0.490 e. The van der Waals surface area contributed by atoms with E-state index >= 15 is 0 Å². The fraction of sp³-hybridized carbons (Fsp3) is 0.250. The molecule has 0 bridgehead atoms. The van der Waals surface area contributed by atoms with Crippen molar-refractivity contribution < 1.29 is 19.4 Å². The average molecular weight is 522 g/mol. The van der Waals surface area contributed by atoms with Crippen molar-refractivity contribution in [2.45, 2.75) is 38.7 Å². The van der Waals surface area contributed by atoms with Crippen LogP contribution < -0.4 is 15.8 Å². The maximum Gasteiger partial charge on any atom is 0.252 e. The number of ether oxygens (including phenoxy) is 1. The van der Waals surface area contributed by atoms with E-state index in [-0.39, 0.29) is 30.1 Å². The highest BCUT2D eigenvalue weighted by atomic mass is 16.5. The first-order chi connectivity index (χ1) is 18.8. The van der Waals surface area contributed by atoms with Gasteiger partial charge in [0.25, 0.3) is 11.8 Å². The first-order valence-electron chi connectivity index (χ1n) is 13.1. The molecule has 3 aromatic carbocycles. The maximum atomic E-state index is 12.6. The van der Waals surface area contributed by atoms with E-state index in [1.54, 1.807) is 12.1 Å². The van der Waals surface area contributed by atoms with Crippen LogP contribution in [0.3, 0.4) is 0 Å².